The molecule has 0 radical (unpaired) electrons. The van der Waals surface area contributed by atoms with Gasteiger partial charge in [-0.25, -0.2) is 0 Å². The summed E-state index contributed by atoms with van der Waals surface area (Å²) >= 11 is 6.31. The minimum atomic E-state index is 0.286. The molecule has 1 aromatic rings. The van der Waals surface area contributed by atoms with E-state index in [0.29, 0.717) is 0 Å². The normalized spacial score (nSPS) is 13.1. The third kappa shape index (κ3) is 5.22. The van der Waals surface area contributed by atoms with Crippen LogP contribution in [-0.2, 0) is 6.42 Å². The van der Waals surface area contributed by atoms with Gasteiger partial charge in [-0.2, -0.15) is 0 Å². The van der Waals surface area contributed by atoms with Gasteiger partial charge in [-0.1, -0.05) is 43.7 Å². The zero-order chi connectivity index (χ0) is 11.3. The van der Waals surface area contributed by atoms with E-state index < -0.39 is 0 Å². The van der Waals surface area contributed by atoms with E-state index >= 15 is 0 Å². The van der Waals surface area contributed by atoms with Gasteiger partial charge in [0.05, 0.1) is 0 Å². The lowest BCUT2D eigenvalue weighted by atomic mass is 10.0. The third-order valence-corrected chi connectivity index (χ3v) is 2.97. The van der Waals surface area contributed by atoms with Crippen LogP contribution in [0.4, 0.5) is 0 Å². The largest absolute Gasteiger partial charge is 0.123 e. The Morgan fingerprint density at radius 1 is 1.20 bits per heavy atom. The van der Waals surface area contributed by atoms with Crippen LogP contribution in [0.5, 0.6) is 0 Å². The molecule has 0 heterocycles. The maximum absolute atomic E-state index is 6.31. The summed E-state index contributed by atoms with van der Waals surface area (Å²) in [5.41, 5.74) is 2.68. The average Bonchev–Trinajstić information content (AvgIpc) is 2.15. The molecule has 0 nitrogen and oxygen atoms in total. The summed E-state index contributed by atoms with van der Waals surface area (Å²) in [6, 6.07) is 8.63. The average molecular weight is 225 g/mol. The summed E-state index contributed by atoms with van der Waals surface area (Å²) in [5, 5.41) is 0.286. The molecule has 84 valence electrons. The fourth-order valence-electron chi connectivity index (χ4n) is 1.71. The van der Waals surface area contributed by atoms with Crippen LogP contribution in [0.1, 0.15) is 37.8 Å². The molecule has 0 spiro atoms. The molecule has 1 rings (SSSR count). The highest BCUT2D eigenvalue weighted by atomic mass is 35.5. The van der Waals surface area contributed by atoms with Gasteiger partial charge in [0.25, 0.3) is 0 Å². The topological polar surface area (TPSA) is 0 Å². The van der Waals surface area contributed by atoms with Gasteiger partial charge in [-0.15, -0.1) is 11.6 Å². The smallest absolute Gasteiger partial charge is 0.0376 e. The van der Waals surface area contributed by atoms with E-state index in [2.05, 4.69) is 45.0 Å². The van der Waals surface area contributed by atoms with Gasteiger partial charge >= 0.3 is 0 Å². The lowest BCUT2D eigenvalue weighted by Gasteiger charge is -2.11. The zero-order valence-corrected chi connectivity index (χ0v) is 10.7. The van der Waals surface area contributed by atoms with Crippen molar-refractivity contribution in [2.45, 2.75) is 45.4 Å². The van der Waals surface area contributed by atoms with Crippen LogP contribution < -0.4 is 0 Å². The van der Waals surface area contributed by atoms with Crippen molar-refractivity contribution in [1.29, 1.82) is 0 Å². The number of benzene rings is 1. The Bertz CT molecular complexity index is 291. The lowest BCUT2D eigenvalue weighted by molar-refractivity contribution is 0.541. The fraction of sp³-hybridized carbons (Fsp3) is 0.571. The molecular formula is C14H21Cl. The number of hydrogen-bond acceptors (Lipinski definition) is 0. The van der Waals surface area contributed by atoms with E-state index in [1.807, 2.05) is 0 Å². The van der Waals surface area contributed by atoms with Gasteiger partial charge in [0.15, 0.2) is 0 Å². The quantitative estimate of drug-likeness (QED) is 0.643. The zero-order valence-electron chi connectivity index (χ0n) is 9.96. The first-order chi connectivity index (χ1) is 7.08. The van der Waals surface area contributed by atoms with Gasteiger partial charge in [0.2, 0.25) is 0 Å². The minimum Gasteiger partial charge on any atom is -0.123 e. The number of aryl methyl sites for hydroxylation is 1. The predicted molar refractivity (Wildman–Crippen MR) is 68.6 cm³/mol. The summed E-state index contributed by atoms with van der Waals surface area (Å²) in [6.45, 7) is 6.62. The Labute approximate surface area is 98.7 Å². The summed E-state index contributed by atoms with van der Waals surface area (Å²) in [6.07, 6.45) is 3.34. The molecule has 0 saturated carbocycles. The van der Waals surface area contributed by atoms with Crippen LogP contribution in [0.15, 0.2) is 24.3 Å². The van der Waals surface area contributed by atoms with Crippen molar-refractivity contribution < 1.29 is 0 Å². The van der Waals surface area contributed by atoms with Gasteiger partial charge in [-0.3, -0.25) is 0 Å². The SMILES string of the molecule is Cc1cccc(CC(Cl)CCC(C)C)c1. The molecule has 0 saturated heterocycles. The highest BCUT2D eigenvalue weighted by Gasteiger charge is 2.07. The number of rotatable bonds is 5. The summed E-state index contributed by atoms with van der Waals surface area (Å²) in [5.74, 6) is 0.753. The minimum absolute atomic E-state index is 0.286. The second-order valence-corrected chi connectivity index (χ2v) is 5.38. The first-order valence-electron chi connectivity index (χ1n) is 5.77. The standard InChI is InChI=1S/C14H21Cl/c1-11(2)7-8-14(15)10-13-6-4-5-12(3)9-13/h4-6,9,11,14H,7-8,10H2,1-3H3. The van der Waals surface area contributed by atoms with E-state index in [0.717, 1.165) is 18.8 Å². The molecule has 0 aliphatic carbocycles. The molecule has 15 heavy (non-hydrogen) atoms. The Kier molecular flexibility index (Phi) is 5.17. The monoisotopic (exact) mass is 224 g/mol. The second-order valence-electron chi connectivity index (χ2n) is 4.76. The molecule has 0 bridgehead atoms. The molecule has 1 heteroatoms. The number of alkyl halides is 1. The molecule has 0 aliphatic heterocycles. The fourth-order valence-corrected chi connectivity index (χ4v) is 2.02. The van der Waals surface area contributed by atoms with Gasteiger partial charge in [-0.05, 0) is 37.7 Å². The second kappa shape index (κ2) is 6.17. The highest BCUT2D eigenvalue weighted by Crippen LogP contribution is 2.16. The van der Waals surface area contributed by atoms with Gasteiger partial charge in [0, 0.05) is 5.38 Å². The van der Waals surface area contributed by atoms with E-state index in [1.165, 1.54) is 17.5 Å². The van der Waals surface area contributed by atoms with Crippen molar-refractivity contribution in [3.63, 3.8) is 0 Å². The molecule has 1 aromatic carbocycles. The summed E-state index contributed by atoms with van der Waals surface area (Å²) in [7, 11) is 0. The van der Waals surface area contributed by atoms with Crippen molar-refractivity contribution in [3.05, 3.63) is 35.4 Å². The van der Waals surface area contributed by atoms with Gasteiger partial charge < -0.3 is 0 Å². The Hall–Kier alpha value is -0.490. The summed E-state index contributed by atoms with van der Waals surface area (Å²) in [4.78, 5) is 0. The van der Waals surface area contributed by atoms with Crippen molar-refractivity contribution >= 4 is 11.6 Å². The first kappa shape index (κ1) is 12.6. The highest BCUT2D eigenvalue weighted by molar-refractivity contribution is 6.20. The third-order valence-electron chi connectivity index (χ3n) is 2.60. The van der Waals surface area contributed by atoms with E-state index in [-0.39, 0.29) is 5.38 Å². The van der Waals surface area contributed by atoms with Crippen molar-refractivity contribution in [1.82, 2.24) is 0 Å². The van der Waals surface area contributed by atoms with Crippen LogP contribution in [0.25, 0.3) is 0 Å². The van der Waals surface area contributed by atoms with E-state index in [1.54, 1.807) is 0 Å². The molecule has 0 aromatic heterocycles. The van der Waals surface area contributed by atoms with E-state index in [4.69, 9.17) is 11.6 Å². The first-order valence-corrected chi connectivity index (χ1v) is 6.21. The Morgan fingerprint density at radius 2 is 1.93 bits per heavy atom. The molecular weight excluding hydrogens is 204 g/mol. The molecule has 0 fully saturated rings. The Balaban J connectivity index is 2.40. The maximum atomic E-state index is 6.31. The van der Waals surface area contributed by atoms with Crippen molar-refractivity contribution in [2.75, 3.05) is 0 Å². The van der Waals surface area contributed by atoms with Crippen LogP contribution >= 0.6 is 11.6 Å². The molecule has 1 unspecified atom stereocenters. The summed E-state index contributed by atoms with van der Waals surface area (Å²) < 4.78 is 0. The van der Waals surface area contributed by atoms with E-state index in [9.17, 15) is 0 Å². The predicted octanol–water partition coefficient (Wildman–Crippen LogP) is 4.58. The molecule has 0 N–H and O–H groups in total. The molecule has 0 aliphatic rings. The van der Waals surface area contributed by atoms with Gasteiger partial charge in [0.1, 0.15) is 0 Å². The maximum Gasteiger partial charge on any atom is 0.0376 e. The molecule has 1 atom stereocenters. The number of halogens is 1. The van der Waals surface area contributed by atoms with Crippen LogP contribution in [-0.4, -0.2) is 5.38 Å². The van der Waals surface area contributed by atoms with Crippen molar-refractivity contribution in [2.24, 2.45) is 5.92 Å². The van der Waals surface area contributed by atoms with Crippen LogP contribution in [0.2, 0.25) is 0 Å². The molecule has 0 amide bonds. The van der Waals surface area contributed by atoms with Crippen LogP contribution in [0.3, 0.4) is 0 Å². The van der Waals surface area contributed by atoms with Crippen LogP contribution in [0, 0.1) is 12.8 Å². The number of hydrogen-bond donors (Lipinski definition) is 0. The Morgan fingerprint density at radius 3 is 2.53 bits per heavy atom. The lowest BCUT2D eigenvalue weighted by Crippen LogP contribution is -2.05. The van der Waals surface area contributed by atoms with Crippen molar-refractivity contribution in [3.8, 4) is 0 Å².